The third-order valence-corrected chi connectivity index (χ3v) is 20.7. The van der Waals surface area contributed by atoms with Crippen LogP contribution in [0.15, 0.2) is 352 Å². The second-order valence-electron chi connectivity index (χ2n) is 28.2. The number of benzene rings is 12. The number of aryl methyl sites for hydroxylation is 6. The van der Waals surface area contributed by atoms with Crippen LogP contribution in [0.3, 0.4) is 0 Å². The van der Waals surface area contributed by atoms with E-state index in [1.165, 1.54) is 146 Å². The van der Waals surface area contributed by atoms with E-state index in [1.807, 2.05) is 91.0 Å². The Kier molecular flexibility index (Phi) is 28.6. The molecule has 0 saturated carbocycles. The summed E-state index contributed by atoms with van der Waals surface area (Å²) in [4.78, 5) is 30.1. The molecular formula is C98H76B2Cl4K2N8Pt2. The number of anilines is 12. The Bertz CT molecular complexity index is 5690. The zero-order valence-electron chi connectivity index (χ0n) is 65.4. The first kappa shape index (κ1) is 84.8. The van der Waals surface area contributed by atoms with E-state index in [2.05, 4.69) is 334 Å². The van der Waals surface area contributed by atoms with Crippen molar-refractivity contribution in [3.63, 3.8) is 0 Å². The molecule has 0 saturated heterocycles. The summed E-state index contributed by atoms with van der Waals surface area (Å²) in [5.74, 6) is 3.14. The third-order valence-electron chi connectivity index (χ3n) is 20.7. The molecule has 2 aliphatic heterocycles. The quantitative estimate of drug-likeness (QED) is 0.0788. The molecule has 6 heterocycles. The molecule has 0 amide bonds. The van der Waals surface area contributed by atoms with Crippen LogP contribution in [0.1, 0.15) is 33.4 Å². The number of fused-ring (bicyclic) bond motifs is 4. The van der Waals surface area contributed by atoms with E-state index in [-0.39, 0.29) is 34.5 Å². The third kappa shape index (κ3) is 19.1. The number of para-hydroxylation sites is 6. The number of pyridine rings is 4. The molecular weight excluding hydrogens is 1920 g/mol. The van der Waals surface area contributed by atoms with E-state index in [0.29, 0.717) is 0 Å². The number of nitrogens with zero attached hydrogens (tertiary/aromatic N) is 8. The maximum Gasteiger partial charge on any atom is 2.00 e. The molecule has 2 aliphatic rings. The van der Waals surface area contributed by atoms with Crippen LogP contribution in [0.25, 0.3) is 45.0 Å². The van der Waals surface area contributed by atoms with Crippen molar-refractivity contribution in [2.24, 2.45) is 0 Å². The van der Waals surface area contributed by atoms with Crippen LogP contribution in [0.5, 0.6) is 0 Å². The summed E-state index contributed by atoms with van der Waals surface area (Å²) < 4.78 is 0. The van der Waals surface area contributed by atoms with Crippen molar-refractivity contribution in [1.82, 2.24) is 19.9 Å². The van der Waals surface area contributed by atoms with Gasteiger partial charge in [0.1, 0.15) is 23.3 Å². The first-order valence-electron chi connectivity index (χ1n) is 38.4. The van der Waals surface area contributed by atoms with Gasteiger partial charge in [-0.15, -0.1) is 65.1 Å². The van der Waals surface area contributed by atoms with E-state index < -0.39 is 11.9 Å². The number of hydrogen-bond acceptors (Lipinski definition) is 8. The Morgan fingerprint density at radius 3 is 1.11 bits per heavy atom. The minimum Gasteiger partial charge on any atom is 2.00 e. The molecule has 0 atom stereocenters. The van der Waals surface area contributed by atoms with Gasteiger partial charge in [0.2, 0.25) is 13.4 Å². The van der Waals surface area contributed by atoms with Gasteiger partial charge in [0, 0.05) is 45.4 Å². The summed E-state index contributed by atoms with van der Waals surface area (Å²) in [6, 6.07) is 130. The van der Waals surface area contributed by atoms with Crippen LogP contribution in [-0.2, 0) is 33.0 Å². The first-order valence-corrected chi connectivity index (χ1v) is 65.7. The topological polar surface area (TPSA) is 64.5 Å². The van der Waals surface area contributed by atoms with Crippen molar-refractivity contribution in [3.05, 3.63) is 397 Å². The number of halogens is 4. The Balaban J connectivity index is 0.000000176. The van der Waals surface area contributed by atoms with Gasteiger partial charge in [-0.1, -0.05) is 257 Å². The molecule has 0 fully saturated rings. The van der Waals surface area contributed by atoms with Gasteiger partial charge in [-0.25, -0.2) is 9.97 Å². The van der Waals surface area contributed by atoms with Gasteiger partial charge in [-0.2, -0.15) is 0 Å². The predicted octanol–water partition coefficient (Wildman–Crippen LogP) is 22.6. The number of hydrogen-bond donors (Lipinski definition) is 0. The van der Waals surface area contributed by atoms with Crippen LogP contribution < -0.4 is 52.4 Å². The van der Waals surface area contributed by atoms with Crippen LogP contribution >= 0.6 is 37.7 Å². The minimum absolute atomic E-state index is 0. The zero-order chi connectivity index (χ0) is 79.7. The van der Waals surface area contributed by atoms with Crippen LogP contribution in [0.4, 0.5) is 68.8 Å². The molecule has 0 spiro atoms. The van der Waals surface area contributed by atoms with E-state index in [1.54, 1.807) is 0 Å². The molecule has 0 N–H and O–H groups in total. The van der Waals surface area contributed by atoms with Crippen LogP contribution in [-0.4, -0.2) is 96.5 Å². The summed E-state index contributed by atoms with van der Waals surface area (Å²) in [6.07, 6.45) is 0. The zero-order valence-corrected chi connectivity index (χ0v) is 79.2. The normalized spacial score (nSPS) is 11.8. The van der Waals surface area contributed by atoms with Crippen molar-refractivity contribution in [1.29, 1.82) is 0 Å². The monoisotopic (exact) mass is 1990 g/mol. The minimum atomic E-state index is -3.06. The summed E-state index contributed by atoms with van der Waals surface area (Å²) in [5, 5.41) is 0. The maximum absolute atomic E-state index is 5.39. The van der Waals surface area contributed by atoms with Gasteiger partial charge < -0.3 is 9.80 Å². The molecule has 8 nitrogen and oxygen atoms in total. The molecule has 0 bridgehead atoms. The predicted molar refractivity (Wildman–Crippen MR) is 488 cm³/mol. The standard InChI is InChI=1S/C49H39BN4.C49H37BN4.4ClH.2K.2Pt/c2*1-34-31-35(2)49(36(3)32-34)50-41-23-13-14-26-45(41)53(39-19-9-5-10-20-39)46-30-29-38(33-42(46)50)44-25-16-28-48(52-44)54(40-21-11-6-12-22-40)47-27-15-24-43(51-47)37-17-7-4-8-18-37;;;;;;;;/h4-33H,1-3H3;4-17,19-28,30-33H,1-3H3;4*1H;;;;/q;-2;;;;;;;+2;+4/p-4. The Morgan fingerprint density at radius 2 is 0.672 bits per heavy atom. The Morgan fingerprint density at radius 1 is 0.319 bits per heavy atom. The second-order valence-corrected chi connectivity index (χ2v) is 47.9. The van der Waals surface area contributed by atoms with Crippen molar-refractivity contribution < 1.29 is 33.0 Å². The molecule has 18 rings (SSSR count). The number of aromatic nitrogens is 4. The van der Waals surface area contributed by atoms with Gasteiger partial charge >= 0.3 is 134 Å². The first-order chi connectivity index (χ1) is 56.1. The molecule has 0 aliphatic carbocycles. The molecule has 4 aromatic heterocycles. The molecule has 0 unspecified atom stereocenters. The van der Waals surface area contributed by atoms with Crippen molar-refractivity contribution in [2.45, 2.75) is 41.5 Å². The smallest absolute Gasteiger partial charge is 2.00 e. The van der Waals surface area contributed by atoms with Gasteiger partial charge in [0.15, 0.2) is 0 Å². The van der Waals surface area contributed by atoms with Gasteiger partial charge in [-0.05, 0) is 184 Å². The fourth-order valence-electron chi connectivity index (χ4n) is 16.2. The summed E-state index contributed by atoms with van der Waals surface area (Å²) in [6.45, 7) is 13.5. The Hall–Kier alpha value is -7.62. The molecule has 12 aromatic carbocycles. The maximum atomic E-state index is 5.39. The molecule has 0 radical (unpaired) electrons. The van der Waals surface area contributed by atoms with E-state index >= 15 is 0 Å². The van der Waals surface area contributed by atoms with Gasteiger partial charge in [0.05, 0.1) is 11.4 Å². The SMILES string of the molecule is Cc1cc(C)c(B2c3cc(-c4cccc(N(c5ccccc5)c5cccc(-c6[c-]cccc6)n5)n4)[c-]cc3N(c3ccccc3)c3ccccc32)c(C)c1.Cc1cc(C)c(B2c3ccccc3N(c3ccccc3)c3ccc(-c4cccc(N(c5ccccc5)c5cccc(-c6ccccc6)n5)n4)cc32)c(C)c1.[Cl][Pt]([Cl])([Cl])[Cl].[K][K].[Pt+2]. The van der Waals surface area contributed by atoms with Crippen molar-refractivity contribution in [2.75, 3.05) is 19.6 Å². The molecule has 18 heteroatoms. The fourth-order valence-corrected chi connectivity index (χ4v) is 16.2. The second kappa shape index (κ2) is 39.1. The molecule has 564 valence electrons. The average molecular weight is 2000 g/mol. The van der Waals surface area contributed by atoms with Crippen molar-refractivity contribution in [3.8, 4) is 45.0 Å². The van der Waals surface area contributed by atoms with Crippen molar-refractivity contribution >= 4 is 216 Å². The molecule has 16 aromatic rings. The summed E-state index contributed by atoms with van der Waals surface area (Å²) in [7, 11) is 20.0. The fraction of sp³-hybridized carbons (Fsp3) is 0.0612. The van der Waals surface area contributed by atoms with Gasteiger partial charge in [0.25, 0.3) is 0 Å². The Labute approximate surface area is 761 Å². The van der Waals surface area contributed by atoms with E-state index in [4.69, 9.17) is 57.6 Å². The average Bonchev–Trinajstić information content (AvgIpc) is 0.729. The summed E-state index contributed by atoms with van der Waals surface area (Å²) >= 11 is -0.556. The summed E-state index contributed by atoms with van der Waals surface area (Å²) in [5.41, 5.74) is 31.9. The van der Waals surface area contributed by atoms with E-state index in [0.717, 1.165) is 96.7 Å². The largest absolute Gasteiger partial charge is 2.00 e. The van der Waals surface area contributed by atoms with Crippen LogP contribution in [0.2, 0.25) is 0 Å². The van der Waals surface area contributed by atoms with Gasteiger partial charge in [-0.3, -0.25) is 19.8 Å². The van der Waals surface area contributed by atoms with Crippen LogP contribution in [0, 0.1) is 53.7 Å². The van der Waals surface area contributed by atoms with E-state index in [9.17, 15) is 0 Å². The number of rotatable bonds is 14. The molecule has 116 heavy (non-hydrogen) atoms.